The third-order valence-electron chi connectivity index (χ3n) is 3.50. The molecule has 2 aromatic rings. The van der Waals surface area contributed by atoms with E-state index >= 15 is 0 Å². The van der Waals surface area contributed by atoms with Crippen LogP contribution in [0.3, 0.4) is 0 Å². The Morgan fingerprint density at radius 1 is 1.19 bits per heavy atom. The van der Waals surface area contributed by atoms with E-state index in [9.17, 15) is 13.2 Å². The van der Waals surface area contributed by atoms with E-state index in [-0.39, 0.29) is 12.5 Å². The van der Waals surface area contributed by atoms with Gasteiger partial charge in [-0.25, -0.2) is 8.42 Å². The van der Waals surface area contributed by atoms with Gasteiger partial charge in [0.05, 0.1) is 18.6 Å². The molecule has 6 nitrogen and oxygen atoms in total. The van der Waals surface area contributed by atoms with Crippen LogP contribution in [0.4, 0.5) is 5.69 Å². The Bertz CT molecular complexity index is 854. The molecule has 0 saturated heterocycles. The molecule has 0 saturated carbocycles. The lowest BCUT2D eigenvalue weighted by atomic mass is 10.2. The molecule has 0 aliphatic heterocycles. The fraction of sp³-hybridized carbons (Fsp3) is 0.278. The minimum Gasteiger partial charge on any atom is -0.494 e. The van der Waals surface area contributed by atoms with Crippen molar-refractivity contribution < 1.29 is 17.9 Å². The van der Waals surface area contributed by atoms with Crippen LogP contribution in [-0.4, -0.2) is 33.7 Å². The fourth-order valence-electron chi connectivity index (χ4n) is 2.31. The number of hydrogen-bond donors (Lipinski definition) is 1. The summed E-state index contributed by atoms with van der Waals surface area (Å²) in [5.74, 6) is 0.353. The van der Waals surface area contributed by atoms with Crippen LogP contribution in [0.5, 0.6) is 5.75 Å². The molecule has 0 atom stereocenters. The summed E-state index contributed by atoms with van der Waals surface area (Å²) in [6, 6.07) is 14.4. The molecule has 1 N–H and O–H groups in total. The van der Waals surface area contributed by atoms with Gasteiger partial charge < -0.3 is 10.1 Å². The Morgan fingerprint density at radius 3 is 2.50 bits per heavy atom. The van der Waals surface area contributed by atoms with E-state index in [1.165, 1.54) is 0 Å². The molecule has 2 aromatic carbocycles. The lowest BCUT2D eigenvalue weighted by Crippen LogP contribution is -2.40. The number of rotatable bonds is 8. The van der Waals surface area contributed by atoms with Gasteiger partial charge in [0.15, 0.2) is 0 Å². The van der Waals surface area contributed by atoms with Crippen molar-refractivity contribution in [2.24, 2.45) is 0 Å². The van der Waals surface area contributed by atoms with Crippen molar-refractivity contribution in [3.8, 4) is 5.75 Å². The molecule has 0 heterocycles. The molecule has 1 amide bonds. The summed E-state index contributed by atoms with van der Waals surface area (Å²) in [4.78, 5) is 12.3. The summed E-state index contributed by atoms with van der Waals surface area (Å²) in [5, 5.41) is 2.75. The van der Waals surface area contributed by atoms with Gasteiger partial charge in [-0.15, -0.1) is 0 Å². The number of nitrogens with zero attached hydrogens (tertiary/aromatic N) is 1. The molecule has 8 heteroatoms. The average Bonchev–Trinajstić information content (AvgIpc) is 2.58. The number of ether oxygens (including phenoxy) is 1. The normalized spacial score (nSPS) is 11.0. The molecule has 26 heavy (non-hydrogen) atoms. The Balaban J connectivity index is 2.03. The van der Waals surface area contributed by atoms with Gasteiger partial charge >= 0.3 is 0 Å². The number of carbonyl (C=O) groups is 1. The summed E-state index contributed by atoms with van der Waals surface area (Å²) < 4.78 is 31.6. The predicted molar refractivity (Wildman–Crippen MR) is 111 cm³/mol. The third-order valence-corrected chi connectivity index (χ3v) is 5.36. The van der Waals surface area contributed by atoms with E-state index in [4.69, 9.17) is 4.74 Å². The van der Waals surface area contributed by atoms with E-state index in [0.717, 1.165) is 25.4 Å². The number of amides is 1. The number of nitrogens with one attached hydrogen (secondary N) is 1. The summed E-state index contributed by atoms with van der Waals surface area (Å²) >= 11 is 2.14. The highest BCUT2D eigenvalue weighted by atomic mass is 127. The van der Waals surface area contributed by atoms with Crippen LogP contribution in [0.25, 0.3) is 0 Å². The van der Waals surface area contributed by atoms with Gasteiger partial charge in [0.25, 0.3) is 0 Å². The van der Waals surface area contributed by atoms with Crippen molar-refractivity contribution in [2.45, 2.75) is 13.5 Å². The molecule has 0 radical (unpaired) electrons. The molecule has 0 aromatic heterocycles. The van der Waals surface area contributed by atoms with Gasteiger partial charge in [0, 0.05) is 10.1 Å². The van der Waals surface area contributed by atoms with Crippen molar-refractivity contribution in [1.29, 1.82) is 0 Å². The lowest BCUT2D eigenvalue weighted by Gasteiger charge is -2.22. The lowest BCUT2D eigenvalue weighted by molar-refractivity contribution is -0.119. The monoisotopic (exact) mass is 488 g/mol. The first-order chi connectivity index (χ1) is 12.3. The van der Waals surface area contributed by atoms with E-state index in [2.05, 4.69) is 27.9 Å². The van der Waals surface area contributed by atoms with Crippen LogP contribution < -0.4 is 14.4 Å². The van der Waals surface area contributed by atoms with Crippen molar-refractivity contribution in [3.05, 3.63) is 57.7 Å². The summed E-state index contributed by atoms with van der Waals surface area (Å²) in [7, 11) is -3.57. The third kappa shape index (κ3) is 6.17. The zero-order valence-corrected chi connectivity index (χ0v) is 17.6. The number of sulfonamides is 1. The molecule has 0 fully saturated rings. The van der Waals surface area contributed by atoms with Gasteiger partial charge in [0.1, 0.15) is 12.3 Å². The minimum atomic E-state index is -3.57. The second-order valence-corrected chi connectivity index (χ2v) is 8.76. The largest absolute Gasteiger partial charge is 0.494 e. The Morgan fingerprint density at radius 2 is 1.88 bits per heavy atom. The number of hydrogen-bond acceptors (Lipinski definition) is 4. The summed E-state index contributed by atoms with van der Waals surface area (Å²) in [6.45, 7) is 2.49. The average molecular weight is 488 g/mol. The highest BCUT2D eigenvalue weighted by Crippen LogP contribution is 2.19. The zero-order chi connectivity index (χ0) is 19.2. The molecule has 2 rings (SSSR count). The van der Waals surface area contributed by atoms with Gasteiger partial charge in [-0.2, -0.15) is 0 Å². The fourth-order valence-corrected chi connectivity index (χ4v) is 3.52. The van der Waals surface area contributed by atoms with Gasteiger partial charge in [-0.05, 0) is 71.5 Å². The van der Waals surface area contributed by atoms with Crippen molar-refractivity contribution in [1.82, 2.24) is 5.32 Å². The first-order valence-corrected chi connectivity index (χ1v) is 10.9. The Kier molecular flexibility index (Phi) is 7.27. The number of anilines is 1. The number of halogens is 1. The molecule has 0 unspecified atom stereocenters. The molecule has 0 aliphatic rings. The maximum absolute atomic E-state index is 12.3. The topological polar surface area (TPSA) is 75.7 Å². The van der Waals surface area contributed by atoms with Crippen molar-refractivity contribution in [2.75, 3.05) is 23.7 Å². The van der Waals surface area contributed by atoms with Crippen LogP contribution in [0.1, 0.15) is 12.5 Å². The smallest absolute Gasteiger partial charge is 0.241 e. The van der Waals surface area contributed by atoms with Crippen LogP contribution in [0, 0.1) is 3.57 Å². The molecule has 0 aliphatic carbocycles. The van der Waals surface area contributed by atoms with Crippen LogP contribution in [0.2, 0.25) is 0 Å². The van der Waals surface area contributed by atoms with Crippen LogP contribution in [-0.2, 0) is 21.4 Å². The van der Waals surface area contributed by atoms with Crippen molar-refractivity contribution in [3.63, 3.8) is 0 Å². The second-order valence-electron chi connectivity index (χ2n) is 5.60. The minimum absolute atomic E-state index is 0.273. The predicted octanol–water partition coefficient (Wildman–Crippen LogP) is 2.77. The molecule has 0 bridgehead atoms. The molecule has 140 valence electrons. The first-order valence-electron chi connectivity index (χ1n) is 8.01. The number of carbonyl (C=O) groups excluding carboxylic acids is 1. The standard InChI is InChI=1S/C18H21IN2O4S/c1-3-25-17-6-4-5-14(11-17)12-20-18(22)13-21(26(2,23)24)16-9-7-15(19)8-10-16/h4-11H,3,12-13H2,1-2H3,(H,20,22). The number of benzene rings is 2. The SMILES string of the molecule is CCOc1cccc(CNC(=O)CN(c2ccc(I)cc2)S(C)(=O)=O)c1. The molecular formula is C18H21IN2O4S. The van der Waals surface area contributed by atoms with E-state index in [1.807, 2.05) is 31.2 Å². The highest BCUT2D eigenvalue weighted by Gasteiger charge is 2.20. The van der Waals surface area contributed by atoms with E-state index < -0.39 is 10.0 Å². The van der Waals surface area contributed by atoms with Crippen molar-refractivity contribution >= 4 is 44.2 Å². The summed E-state index contributed by atoms with van der Waals surface area (Å²) in [6.07, 6.45) is 1.09. The van der Waals surface area contributed by atoms with Gasteiger partial charge in [-0.3, -0.25) is 9.10 Å². The second kappa shape index (κ2) is 9.22. The zero-order valence-electron chi connectivity index (χ0n) is 14.6. The molecular weight excluding hydrogens is 467 g/mol. The van der Waals surface area contributed by atoms with Crippen LogP contribution >= 0.6 is 22.6 Å². The maximum atomic E-state index is 12.3. The van der Waals surface area contributed by atoms with Gasteiger partial charge in [-0.1, -0.05) is 12.1 Å². The Labute approximate surface area is 167 Å². The van der Waals surface area contributed by atoms with E-state index in [1.54, 1.807) is 24.3 Å². The quantitative estimate of drug-likeness (QED) is 0.580. The Hall–Kier alpha value is -1.81. The highest BCUT2D eigenvalue weighted by molar-refractivity contribution is 14.1. The first kappa shape index (κ1) is 20.5. The van der Waals surface area contributed by atoms with Gasteiger partial charge in [0.2, 0.25) is 15.9 Å². The maximum Gasteiger partial charge on any atom is 0.241 e. The molecule has 0 spiro atoms. The van der Waals surface area contributed by atoms with E-state index in [0.29, 0.717) is 18.8 Å². The summed E-state index contributed by atoms with van der Waals surface area (Å²) in [5.41, 5.74) is 1.34. The van der Waals surface area contributed by atoms with Crippen LogP contribution in [0.15, 0.2) is 48.5 Å².